The van der Waals surface area contributed by atoms with Gasteiger partial charge in [-0.2, -0.15) is 5.26 Å². The van der Waals surface area contributed by atoms with Crippen molar-refractivity contribution in [3.8, 4) is 62.2 Å². The lowest BCUT2D eigenvalue weighted by Crippen LogP contribution is -2.28. The zero-order valence-electron chi connectivity index (χ0n) is 31.3. The third-order valence-electron chi connectivity index (χ3n) is 11.6. The van der Waals surface area contributed by atoms with Gasteiger partial charge in [-0.15, -0.1) is 0 Å². The summed E-state index contributed by atoms with van der Waals surface area (Å²) in [6, 6.07) is 72.4. The molecule has 0 bridgehead atoms. The van der Waals surface area contributed by atoms with Crippen molar-refractivity contribution in [2.75, 3.05) is 0 Å². The van der Waals surface area contributed by atoms with Crippen molar-refractivity contribution in [3.05, 3.63) is 228 Å². The highest BCUT2D eigenvalue weighted by Gasteiger charge is 2.46. The quantitative estimate of drug-likeness (QED) is 0.170. The molecule has 0 amide bonds. The number of aromatic nitrogens is 2. The second-order valence-corrected chi connectivity index (χ2v) is 14.8. The van der Waals surface area contributed by atoms with Crippen LogP contribution in [0.3, 0.4) is 0 Å². The summed E-state index contributed by atoms with van der Waals surface area (Å²) in [6.07, 6.45) is 0. The monoisotopic (exact) mass is 739 g/mol. The summed E-state index contributed by atoms with van der Waals surface area (Å²) in [7, 11) is 0. The standard InChI is InChI=1S/C54H33N3O/c55-34-35-20-28-51-45(30-35)46-31-39(26-29-52(46)58-51)36-21-23-37(24-22-36)49-33-50(57-53(56-49)38-12-4-1-5-13-38)40-25-27-44-43-18-10-11-19-47(43)54(48(44)32-40,41-14-6-2-7-15-41)42-16-8-3-9-17-42/h1-33H. The number of rotatable bonds is 6. The lowest BCUT2D eigenvalue weighted by Gasteiger charge is -2.34. The van der Waals surface area contributed by atoms with Gasteiger partial charge in [0.25, 0.3) is 0 Å². The summed E-state index contributed by atoms with van der Waals surface area (Å²) in [6.45, 7) is 0. The van der Waals surface area contributed by atoms with Gasteiger partial charge in [-0.1, -0.05) is 158 Å². The summed E-state index contributed by atoms with van der Waals surface area (Å²) in [5.41, 5.74) is 15.9. The lowest BCUT2D eigenvalue weighted by atomic mass is 9.67. The van der Waals surface area contributed by atoms with Gasteiger partial charge in [0.2, 0.25) is 0 Å². The second-order valence-electron chi connectivity index (χ2n) is 14.8. The highest BCUT2D eigenvalue weighted by Crippen LogP contribution is 2.56. The molecule has 58 heavy (non-hydrogen) atoms. The smallest absolute Gasteiger partial charge is 0.160 e. The minimum Gasteiger partial charge on any atom is -0.456 e. The molecule has 0 unspecified atom stereocenters. The van der Waals surface area contributed by atoms with Gasteiger partial charge in [-0.25, -0.2) is 9.97 Å². The van der Waals surface area contributed by atoms with Crippen molar-refractivity contribution in [2.24, 2.45) is 0 Å². The molecule has 10 aromatic rings. The van der Waals surface area contributed by atoms with Gasteiger partial charge in [0, 0.05) is 27.5 Å². The molecule has 0 fully saturated rings. The van der Waals surface area contributed by atoms with Crippen LogP contribution < -0.4 is 0 Å². The Morgan fingerprint density at radius 1 is 0.414 bits per heavy atom. The zero-order valence-corrected chi connectivity index (χ0v) is 31.3. The van der Waals surface area contributed by atoms with Crippen molar-refractivity contribution in [1.82, 2.24) is 9.97 Å². The molecule has 4 nitrogen and oxygen atoms in total. The largest absolute Gasteiger partial charge is 0.456 e. The van der Waals surface area contributed by atoms with Crippen LogP contribution in [0.1, 0.15) is 27.8 Å². The minimum atomic E-state index is -0.512. The van der Waals surface area contributed by atoms with Crippen molar-refractivity contribution < 1.29 is 4.42 Å². The van der Waals surface area contributed by atoms with Crippen LogP contribution in [-0.2, 0) is 5.41 Å². The Kier molecular flexibility index (Phi) is 7.74. The van der Waals surface area contributed by atoms with Crippen LogP contribution >= 0.6 is 0 Å². The predicted molar refractivity (Wildman–Crippen MR) is 233 cm³/mol. The first-order valence-electron chi connectivity index (χ1n) is 19.4. The number of nitrogens with zero attached hydrogens (tertiary/aromatic N) is 3. The topological polar surface area (TPSA) is 62.7 Å². The first-order valence-corrected chi connectivity index (χ1v) is 19.4. The lowest BCUT2D eigenvalue weighted by molar-refractivity contribution is 0.669. The van der Waals surface area contributed by atoms with Gasteiger partial charge in [0.15, 0.2) is 5.82 Å². The van der Waals surface area contributed by atoms with E-state index in [1.807, 2.05) is 36.4 Å². The highest BCUT2D eigenvalue weighted by atomic mass is 16.3. The van der Waals surface area contributed by atoms with E-state index < -0.39 is 5.41 Å². The number of hydrogen-bond donors (Lipinski definition) is 0. The molecule has 4 heteroatoms. The molecule has 0 saturated carbocycles. The molecular formula is C54H33N3O. The Bertz CT molecular complexity index is 3180. The maximum absolute atomic E-state index is 9.51. The molecule has 0 saturated heterocycles. The molecule has 0 N–H and O–H groups in total. The fraction of sp³-hybridized carbons (Fsp3) is 0.0185. The zero-order chi connectivity index (χ0) is 38.6. The van der Waals surface area contributed by atoms with E-state index in [0.717, 1.165) is 61.1 Å². The van der Waals surface area contributed by atoms with E-state index in [4.69, 9.17) is 14.4 Å². The summed E-state index contributed by atoms with van der Waals surface area (Å²) >= 11 is 0. The highest BCUT2D eigenvalue weighted by molar-refractivity contribution is 6.06. The third-order valence-corrected chi connectivity index (χ3v) is 11.6. The van der Waals surface area contributed by atoms with Crippen LogP contribution in [0.4, 0.5) is 0 Å². The number of benzene rings is 8. The summed E-state index contributed by atoms with van der Waals surface area (Å²) in [4.78, 5) is 10.4. The SMILES string of the molecule is N#Cc1ccc2oc3ccc(-c4ccc(-c5cc(-c6ccc7c(c6)C(c6ccccc6)(c6ccccc6)c6ccccc6-7)nc(-c6ccccc6)n5)cc4)cc3c2c1. The Morgan fingerprint density at radius 2 is 0.966 bits per heavy atom. The number of hydrogen-bond acceptors (Lipinski definition) is 4. The van der Waals surface area contributed by atoms with Crippen molar-refractivity contribution in [2.45, 2.75) is 5.41 Å². The first kappa shape index (κ1) is 33.5. The van der Waals surface area contributed by atoms with E-state index in [2.05, 4.69) is 164 Å². The van der Waals surface area contributed by atoms with E-state index in [1.54, 1.807) is 6.07 Å². The first-order chi connectivity index (χ1) is 28.7. The van der Waals surface area contributed by atoms with Crippen molar-refractivity contribution >= 4 is 21.9 Å². The molecule has 0 aliphatic heterocycles. The summed E-state index contributed by atoms with van der Waals surface area (Å²) < 4.78 is 6.09. The average Bonchev–Trinajstić information content (AvgIpc) is 3.82. The van der Waals surface area contributed by atoms with E-state index in [-0.39, 0.29) is 0 Å². The maximum Gasteiger partial charge on any atom is 0.160 e. The second kappa shape index (κ2) is 13.4. The van der Waals surface area contributed by atoms with Gasteiger partial charge in [0.05, 0.1) is 28.4 Å². The van der Waals surface area contributed by atoms with Crippen LogP contribution in [0.2, 0.25) is 0 Å². The normalized spacial score (nSPS) is 12.6. The van der Waals surface area contributed by atoms with Gasteiger partial charge >= 0.3 is 0 Å². The Labute approximate surface area is 336 Å². The van der Waals surface area contributed by atoms with Crippen LogP contribution in [-0.4, -0.2) is 9.97 Å². The molecule has 2 aromatic heterocycles. The van der Waals surface area contributed by atoms with Gasteiger partial charge in [-0.05, 0) is 87.0 Å². The minimum absolute atomic E-state index is 0.512. The van der Waals surface area contributed by atoms with E-state index in [1.165, 1.54) is 33.4 Å². The van der Waals surface area contributed by atoms with E-state index >= 15 is 0 Å². The molecule has 8 aromatic carbocycles. The molecule has 2 heterocycles. The van der Waals surface area contributed by atoms with Gasteiger partial charge in [0.1, 0.15) is 11.2 Å². The third kappa shape index (κ3) is 5.29. The van der Waals surface area contributed by atoms with Crippen LogP contribution in [0.5, 0.6) is 0 Å². The fourth-order valence-electron chi connectivity index (χ4n) is 8.92. The Hall–Kier alpha value is -7.87. The molecule has 270 valence electrons. The molecule has 1 aliphatic rings. The van der Waals surface area contributed by atoms with Crippen LogP contribution in [0, 0.1) is 11.3 Å². The molecule has 0 spiro atoms. The number of furan rings is 1. The number of fused-ring (bicyclic) bond motifs is 6. The summed E-state index contributed by atoms with van der Waals surface area (Å²) in [5.74, 6) is 0.673. The van der Waals surface area contributed by atoms with E-state index in [9.17, 15) is 5.26 Å². The molecule has 11 rings (SSSR count). The summed E-state index contributed by atoms with van der Waals surface area (Å²) in [5, 5.41) is 11.4. The van der Waals surface area contributed by atoms with Gasteiger partial charge < -0.3 is 4.42 Å². The van der Waals surface area contributed by atoms with Crippen LogP contribution in [0.25, 0.3) is 78.1 Å². The fourth-order valence-corrected chi connectivity index (χ4v) is 8.92. The van der Waals surface area contributed by atoms with Crippen molar-refractivity contribution in [1.29, 1.82) is 5.26 Å². The molecule has 0 radical (unpaired) electrons. The molecular weight excluding hydrogens is 707 g/mol. The maximum atomic E-state index is 9.51. The molecule has 1 aliphatic carbocycles. The average molecular weight is 740 g/mol. The van der Waals surface area contributed by atoms with Crippen LogP contribution in [0.15, 0.2) is 205 Å². The molecule has 0 atom stereocenters. The predicted octanol–water partition coefficient (Wildman–Crippen LogP) is 13.3. The van der Waals surface area contributed by atoms with Gasteiger partial charge in [-0.3, -0.25) is 0 Å². The number of nitriles is 1. The Balaban J connectivity index is 1.05. The van der Waals surface area contributed by atoms with E-state index in [0.29, 0.717) is 11.4 Å². The van der Waals surface area contributed by atoms with Crippen molar-refractivity contribution in [3.63, 3.8) is 0 Å². The Morgan fingerprint density at radius 3 is 1.67 bits per heavy atom.